The Morgan fingerprint density at radius 1 is 1.16 bits per heavy atom. The van der Waals surface area contributed by atoms with Crippen molar-refractivity contribution >= 4 is 21.8 Å². The Kier molecular flexibility index (Phi) is 9.07. The van der Waals surface area contributed by atoms with Crippen molar-refractivity contribution in [3.8, 4) is 0 Å². The van der Waals surface area contributed by atoms with Crippen molar-refractivity contribution in [1.29, 1.82) is 0 Å². The lowest BCUT2D eigenvalue weighted by Crippen LogP contribution is -2.25. The van der Waals surface area contributed by atoms with Crippen LogP contribution in [-0.2, 0) is 11.2 Å². The molecule has 0 heterocycles. The molecule has 1 N–H and O–H groups in total. The van der Waals surface area contributed by atoms with Gasteiger partial charge in [-0.05, 0) is 31.2 Å². The van der Waals surface area contributed by atoms with Crippen molar-refractivity contribution in [3.63, 3.8) is 0 Å². The number of rotatable bonds is 9. The van der Waals surface area contributed by atoms with E-state index < -0.39 is 0 Å². The number of carbonyl (C=O) groups excluding carboxylic acids is 1. The summed E-state index contributed by atoms with van der Waals surface area (Å²) in [5, 5.41) is 3.99. The highest BCUT2D eigenvalue weighted by Gasteiger charge is 1.98. The molecule has 0 aliphatic heterocycles. The normalized spacial score (nSPS) is 10.8. The Balaban J connectivity index is 2.03. The maximum absolute atomic E-state index is 11.6. The predicted molar refractivity (Wildman–Crippen MR) is 84.6 cm³/mol. The standard InChI is InChI=1S/C16H22BrNO/c17-13-8-3-1-2-7-11-16(19)18-14-12-15-9-5-4-6-10-15/h1-2,4-6,9-10H,3,7-8,11-14H2,(H,18,19)/b2-1+. The van der Waals surface area contributed by atoms with Crippen molar-refractivity contribution in [3.05, 3.63) is 48.0 Å². The minimum Gasteiger partial charge on any atom is -0.356 e. The van der Waals surface area contributed by atoms with Gasteiger partial charge in [0.25, 0.3) is 0 Å². The van der Waals surface area contributed by atoms with E-state index in [0.29, 0.717) is 6.42 Å². The number of allylic oxidation sites excluding steroid dienone is 2. The second kappa shape index (κ2) is 10.8. The van der Waals surface area contributed by atoms with Gasteiger partial charge in [-0.2, -0.15) is 0 Å². The van der Waals surface area contributed by atoms with Crippen LogP contribution in [0, 0.1) is 0 Å². The molecule has 2 nitrogen and oxygen atoms in total. The van der Waals surface area contributed by atoms with E-state index in [9.17, 15) is 4.79 Å². The minimum absolute atomic E-state index is 0.140. The first-order valence-corrected chi connectivity index (χ1v) is 7.96. The minimum atomic E-state index is 0.140. The maximum Gasteiger partial charge on any atom is 0.220 e. The molecule has 0 aliphatic rings. The van der Waals surface area contributed by atoms with Crippen molar-refractivity contribution < 1.29 is 4.79 Å². The number of nitrogens with one attached hydrogen (secondary N) is 1. The van der Waals surface area contributed by atoms with Crippen LogP contribution in [0.5, 0.6) is 0 Å². The first-order chi connectivity index (χ1) is 9.33. The summed E-state index contributed by atoms with van der Waals surface area (Å²) in [6, 6.07) is 10.2. The van der Waals surface area contributed by atoms with Crippen LogP contribution in [-0.4, -0.2) is 17.8 Å². The third-order valence-electron chi connectivity index (χ3n) is 2.79. The Bertz CT molecular complexity index is 376. The molecule has 0 atom stereocenters. The van der Waals surface area contributed by atoms with Crippen molar-refractivity contribution in [2.45, 2.75) is 32.1 Å². The van der Waals surface area contributed by atoms with E-state index in [0.717, 1.165) is 37.6 Å². The van der Waals surface area contributed by atoms with E-state index in [1.54, 1.807) is 0 Å². The first-order valence-electron chi connectivity index (χ1n) is 6.84. The van der Waals surface area contributed by atoms with Crippen LogP contribution in [0.4, 0.5) is 0 Å². The van der Waals surface area contributed by atoms with Crippen LogP contribution >= 0.6 is 15.9 Å². The average Bonchev–Trinajstić information content (AvgIpc) is 2.44. The summed E-state index contributed by atoms with van der Waals surface area (Å²) in [7, 11) is 0. The highest BCUT2D eigenvalue weighted by Crippen LogP contribution is 2.00. The molecular formula is C16H22BrNO. The lowest BCUT2D eigenvalue weighted by Gasteiger charge is -2.04. The molecule has 104 valence electrons. The predicted octanol–water partition coefficient (Wildman–Crippen LogP) is 3.86. The smallest absolute Gasteiger partial charge is 0.220 e. The number of carbonyl (C=O) groups is 1. The molecule has 0 radical (unpaired) electrons. The summed E-state index contributed by atoms with van der Waals surface area (Å²) in [4.78, 5) is 11.6. The molecule has 0 aromatic heterocycles. The van der Waals surface area contributed by atoms with Gasteiger partial charge in [-0.1, -0.05) is 58.4 Å². The maximum atomic E-state index is 11.6. The second-order valence-electron chi connectivity index (χ2n) is 4.43. The number of benzene rings is 1. The Labute approximate surface area is 124 Å². The van der Waals surface area contributed by atoms with E-state index in [2.05, 4.69) is 45.5 Å². The average molecular weight is 324 g/mol. The summed E-state index contributed by atoms with van der Waals surface area (Å²) in [5.41, 5.74) is 1.26. The third kappa shape index (κ3) is 8.60. The fraction of sp³-hybridized carbons (Fsp3) is 0.438. The first kappa shape index (κ1) is 16.0. The second-order valence-corrected chi connectivity index (χ2v) is 5.22. The zero-order valence-corrected chi connectivity index (χ0v) is 12.9. The SMILES string of the molecule is O=C(CC/C=C/CCCBr)NCCc1ccccc1. The summed E-state index contributed by atoms with van der Waals surface area (Å²) < 4.78 is 0. The molecule has 0 unspecified atom stereocenters. The number of unbranched alkanes of at least 4 members (excludes halogenated alkanes) is 1. The van der Waals surface area contributed by atoms with Crippen LogP contribution in [0.2, 0.25) is 0 Å². The third-order valence-corrected chi connectivity index (χ3v) is 3.35. The Morgan fingerprint density at radius 3 is 2.63 bits per heavy atom. The van der Waals surface area contributed by atoms with Crippen LogP contribution in [0.1, 0.15) is 31.2 Å². The number of hydrogen-bond acceptors (Lipinski definition) is 1. The molecule has 1 amide bonds. The fourth-order valence-electron chi connectivity index (χ4n) is 1.72. The van der Waals surface area contributed by atoms with Gasteiger partial charge < -0.3 is 5.32 Å². The highest BCUT2D eigenvalue weighted by molar-refractivity contribution is 9.09. The van der Waals surface area contributed by atoms with Crippen LogP contribution in [0.15, 0.2) is 42.5 Å². The van der Waals surface area contributed by atoms with E-state index in [4.69, 9.17) is 0 Å². The Hall–Kier alpha value is -1.09. The molecule has 0 saturated heterocycles. The zero-order valence-electron chi connectivity index (χ0n) is 11.3. The van der Waals surface area contributed by atoms with E-state index in [1.807, 2.05) is 18.2 Å². The van der Waals surface area contributed by atoms with Gasteiger partial charge in [0.15, 0.2) is 0 Å². The lowest BCUT2D eigenvalue weighted by molar-refractivity contribution is -0.120. The van der Waals surface area contributed by atoms with Gasteiger partial charge in [-0.3, -0.25) is 4.79 Å². The molecule has 3 heteroatoms. The molecule has 19 heavy (non-hydrogen) atoms. The van der Waals surface area contributed by atoms with Crippen LogP contribution in [0.25, 0.3) is 0 Å². The van der Waals surface area contributed by atoms with E-state index >= 15 is 0 Å². The number of halogens is 1. The van der Waals surface area contributed by atoms with Gasteiger partial charge in [0.1, 0.15) is 0 Å². The molecule has 0 fully saturated rings. The molecule has 0 saturated carbocycles. The molecule has 1 rings (SSSR count). The number of hydrogen-bond donors (Lipinski definition) is 1. The van der Waals surface area contributed by atoms with Gasteiger partial charge >= 0.3 is 0 Å². The number of amides is 1. The topological polar surface area (TPSA) is 29.1 Å². The summed E-state index contributed by atoms with van der Waals surface area (Å²) in [6.45, 7) is 0.718. The monoisotopic (exact) mass is 323 g/mol. The quantitative estimate of drug-likeness (QED) is 0.417. The molecule has 0 spiro atoms. The highest BCUT2D eigenvalue weighted by atomic mass is 79.9. The van der Waals surface area contributed by atoms with Crippen molar-refractivity contribution in [1.82, 2.24) is 5.32 Å². The summed E-state index contributed by atoms with van der Waals surface area (Å²) >= 11 is 3.39. The number of alkyl halides is 1. The van der Waals surface area contributed by atoms with Gasteiger partial charge in [0.05, 0.1) is 0 Å². The fourth-order valence-corrected chi connectivity index (χ4v) is 2.05. The molecule has 1 aromatic rings. The van der Waals surface area contributed by atoms with E-state index in [1.165, 1.54) is 5.56 Å². The van der Waals surface area contributed by atoms with Crippen LogP contribution < -0.4 is 5.32 Å². The van der Waals surface area contributed by atoms with Gasteiger partial charge in [0.2, 0.25) is 5.91 Å². The van der Waals surface area contributed by atoms with Gasteiger partial charge in [-0.25, -0.2) is 0 Å². The summed E-state index contributed by atoms with van der Waals surface area (Å²) in [6.07, 6.45) is 8.80. The lowest BCUT2D eigenvalue weighted by atomic mass is 10.1. The largest absolute Gasteiger partial charge is 0.356 e. The van der Waals surface area contributed by atoms with Crippen molar-refractivity contribution in [2.24, 2.45) is 0 Å². The molecular weight excluding hydrogens is 302 g/mol. The van der Waals surface area contributed by atoms with Gasteiger partial charge in [-0.15, -0.1) is 0 Å². The van der Waals surface area contributed by atoms with E-state index in [-0.39, 0.29) is 5.91 Å². The van der Waals surface area contributed by atoms with Crippen LogP contribution in [0.3, 0.4) is 0 Å². The Morgan fingerprint density at radius 2 is 1.89 bits per heavy atom. The molecule has 0 aliphatic carbocycles. The zero-order chi connectivity index (χ0) is 13.8. The summed E-state index contributed by atoms with van der Waals surface area (Å²) in [5.74, 6) is 0.140. The molecule has 0 bridgehead atoms. The molecule has 1 aromatic carbocycles. The van der Waals surface area contributed by atoms with Crippen molar-refractivity contribution in [2.75, 3.05) is 11.9 Å². The van der Waals surface area contributed by atoms with Gasteiger partial charge in [0, 0.05) is 18.3 Å².